The summed E-state index contributed by atoms with van der Waals surface area (Å²) >= 11 is 0. The summed E-state index contributed by atoms with van der Waals surface area (Å²) in [5.41, 5.74) is 5.96. The molecule has 0 amide bonds. The van der Waals surface area contributed by atoms with E-state index >= 15 is 0 Å². The number of aromatic nitrogens is 2. The summed E-state index contributed by atoms with van der Waals surface area (Å²) in [6, 6.07) is 18.3. The number of hydrogen-bond acceptors (Lipinski definition) is 10. The van der Waals surface area contributed by atoms with Crippen molar-refractivity contribution < 1.29 is 38.0 Å². The lowest BCUT2D eigenvalue weighted by Gasteiger charge is -2.09. The van der Waals surface area contributed by atoms with E-state index in [0.29, 0.717) is 51.5 Å². The Morgan fingerprint density at radius 3 is 1.27 bits per heavy atom. The van der Waals surface area contributed by atoms with Gasteiger partial charge in [0.1, 0.15) is 11.0 Å². The number of fused-ring (bicyclic) bond motifs is 2. The lowest BCUT2D eigenvalue weighted by atomic mass is 10.0. The van der Waals surface area contributed by atoms with Crippen LogP contribution >= 0.6 is 0 Å². The second-order valence-electron chi connectivity index (χ2n) is 9.28. The van der Waals surface area contributed by atoms with Gasteiger partial charge < -0.3 is 38.0 Å². The van der Waals surface area contributed by atoms with Crippen molar-refractivity contribution in [1.29, 1.82) is 0 Å². The van der Waals surface area contributed by atoms with E-state index in [1.165, 1.54) is 28.4 Å². The largest absolute Gasteiger partial charge is 0.502 e. The van der Waals surface area contributed by atoms with Gasteiger partial charge in [-0.25, -0.2) is 9.97 Å². The van der Waals surface area contributed by atoms with Crippen LogP contribution in [-0.4, -0.2) is 48.6 Å². The average molecular weight is 555 g/mol. The molecule has 41 heavy (non-hydrogen) atoms. The molecule has 10 heteroatoms. The lowest BCUT2D eigenvalue weighted by Crippen LogP contribution is -1.90. The van der Waals surface area contributed by atoms with Crippen LogP contribution in [0.25, 0.3) is 45.1 Å². The summed E-state index contributed by atoms with van der Waals surface area (Å²) in [4.78, 5) is 9.32. The molecule has 2 heterocycles. The lowest BCUT2D eigenvalue weighted by molar-refractivity contribution is 0.340. The van der Waals surface area contributed by atoms with Gasteiger partial charge in [0.2, 0.25) is 23.3 Å². The second-order valence-corrected chi connectivity index (χ2v) is 9.28. The molecule has 0 fully saturated rings. The Balaban J connectivity index is 1.29. The van der Waals surface area contributed by atoms with Gasteiger partial charge in [-0.3, -0.25) is 0 Å². The normalized spacial score (nSPS) is 11.2. The molecular weight excluding hydrogens is 528 g/mol. The molecule has 0 bridgehead atoms. The van der Waals surface area contributed by atoms with Crippen molar-refractivity contribution in [2.45, 2.75) is 6.42 Å². The Hall–Kier alpha value is -5.38. The Bertz CT molecular complexity index is 1720. The van der Waals surface area contributed by atoms with Crippen LogP contribution in [0.5, 0.6) is 34.5 Å². The third-order valence-corrected chi connectivity index (χ3v) is 6.77. The van der Waals surface area contributed by atoms with Crippen molar-refractivity contribution in [1.82, 2.24) is 9.97 Å². The number of benzene rings is 4. The van der Waals surface area contributed by atoms with Crippen LogP contribution in [0.1, 0.15) is 11.1 Å². The van der Waals surface area contributed by atoms with E-state index in [1.807, 2.05) is 36.4 Å². The second kappa shape index (κ2) is 10.3. The first-order chi connectivity index (χ1) is 19.9. The third-order valence-electron chi connectivity index (χ3n) is 6.77. The fraction of sp³-hybridized carbons (Fsp3) is 0.161. The first-order valence-corrected chi connectivity index (χ1v) is 12.6. The first kappa shape index (κ1) is 25.9. The summed E-state index contributed by atoms with van der Waals surface area (Å²) in [7, 11) is 5.87. The number of rotatable bonds is 8. The van der Waals surface area contributed by atoms with Crippen LogP contribution in [0, 0.1) is 0 Å². The first-order valence-electron chi connectivity index (χ1n) is 12.6. The predicted octanol–water partition coefficient (Wildman–Crippen LogP) is 6.34. The third kappa shape index (κ3) is 4.69. The van der Waals surface area contributed by atoms with Crippen LogP contribution in [0.4, 0.5) is 0 Å². The molecule has 0 unspecified atom stereocenters. The number of aromatic hydroxyl groups is 2. The Morgan fingerprint density at radius 1 is 0.561 bits per heavy atom. The van der Waals surface area contributed by atoms with E-state index in [-0.39, 0.29) is 34.5 Å². The summed E-state index contributed by atoms with van der Waals surface area (Å²) in [6.07, 6.45) is 0.637. The zero-order chi connectivity index (χ0) is 28.7. The van der Waals surface area contributed by atoms with Gasteiger partial charge in [0.15, 0.2) is 34.2 Å². The zero-order valence-corrected chi connectivity index (χ0v) is 22.7. The van der Waals surface area contributed by atoms with Crippen molar-refractivity contribution >= 4 is 22.2 Å². The van der Waals surface area contributed by atoms with Gasteiger partial charge in [-0.05, 0) is 66.1 Å². The highest BCUT2D eigenvalue weighted by molar-refractivity contribution is 5.80. The van der Waals surface area contributed by atoms with Gasteiger partial charge in [0.25, 0.3) is 0 Å². The standard InChI is InChI=1S/C31H26N2O8/c1-36-24-12-18(13-25(37-2)28(24)34)30-32-20-10-16(5-7-22(20)40-30)9-17-6-8-23-21(11-17)33-31(41-23)19-14-26(38-3)29(35)27(15-19)39-4/h5-8,10-15,34-35H,9H2,1-4H3. The molecule has 0 saturated heterocycles. The van der Waals surface area contributed by atoms with E-state index in [0.717, 1.165) is 11.1 Å². The zero-order valence-electron chi connectivity index (χ0n) is 22.7. The highest BCUT2D eigenvalue weighted by atomic mass is 16.5. The maximum atomic E-state index is 10.2. The molecule has 0 saturated carbocycles. The number of oxazole rings is 2. The molecular formula is C31H26N2O8. The SMILES string of the molecule is COc1cc(-c2nc3cc(Cc4ccc5oc(-c6cc(OC)c(O)c(OC)c6)nc5c4)ccc3o2)cc(OC)c1O. The molecule has 6 rings (SSSR count). The highest BCUT2D eigenvalue weighted by Crippen LogP contribution is 2.42. The Labute approximate surface area is 234 Å². The van der Waals surface area contributed by atoms with E-state index in [9.17, 15) is 10.2 Å². The summed E-state index contributed by atoms with van der Waals surface area (Å²) in [5, 5.41) is 20.4. The van der Waals surface area contributed by atoms with Crippen LogP contribution in [0.3, 0.4) is 0 Å². The van der Waals surface area contributed by atoms with Gasteiger partial charge in [-0.1, -0.05) is 12.1 Å². The highest BCUT2D eigenvalue weighted by Gasteiger charge is 2.18. The predicted molar refractivity (Wildman–Crippen MR) is 151 cm³/mol. The van der Waals surface area contributed by atoms with E-state index in [1.54, 1.807) is 24.3 Å². The molecule has 4 aromatic carbocycles. The minimum Gasteiger partial charge on any atom is -0.502 e. The molecule has 2 aromatic heterocycles. The van der Waals surface area contributed by atoms with Crippen LogP contribution in [-0.2, 0) is 6.42 Å². The summed E-state index contributed by atoms with van der Waals surface area (Å²) in [6.45, 7) is 0. The van der Waals surface area contributed by atoms with Gasteiger partial charge >= 0.3 is 0 Å². The van der Waals surface area contributed by atoms with Crippen molar-refractivity contribution in [3.8, 4) is 57.4 Å². The topological polar surface area (TPSA) is 129 Å². The Morgan fingerprint density at radius 2 is 0.927 bits per heavy atom. The number of phenols is 2. The van der Waals surface area contributed by atoms with Crippen molar-refractivity contribution in [2.75, 3.05) is 28.4 Å². The minimum atomic E-state index is -0.0872. The molecule has 2 N–H and O–H groups in total. The molecule has 6 aromatic rings. The number of phenolic OH excluding ortho intramolecular Hbond substituents is 2. The molecule has 0 aliphatic rings. The minimum absolute atomic E-state index is 0.0872. The number of nitrogens with zero attached hydrogens (tertiary/aromatic N) is 2. The number of ether oxygens (including phenoxy) is 4. The molecule has 10 nitrogen and oxygen atoms in total. The smallest absolute Gasteiger partial charge is 0.227 e. The van der Waals surface area contributed by atoms with Gasteiger partial charge in [0.05, 0.1) is 28.4 Å². The molecule has 0 spiro atoms. The van der Waals surface area contributed by atoms with E-state index < -0.39 is 0 Å². The fourth-order valence-corrected chi connectivity index (χ4v) is 4.68. The monoisotopic (exact) mass is 554 g/mol. The number of methoxy groups -OCH3 is 4. The molecule has 208 valence electrons. The van der Waals surface area contributed by atoms with E-state index in [2.05, 4.69) is 9.97 Å². The quantitative estimate of drug-likeness (QED) is 0.220. The van der Waals surface area contributed by atoms with Crippen LogP contribution < -0.4 is 18.9 Å². The van der Waals surface area contributed by atoms with Gasteiger partial charge in [0, 0.05) is 11.1 Å². The molecule has 0 aliphatic heterocycles. The summed E-state index contributed by atoms with van der Waals surface area (Å²) < 4.78 is 33.0. The van der Waals surface area contributed by atoms with E-state index in [4.69, 9.17) is 27.8 Å². The number of hydrogen-bond donors (Lipinski definition) is 2. The molecule has 0 aliphatic carbocycles. The van der Waals surface area contributed by atoms with Crippen LogP contribution in [0.2, 0.25) is 0 Å². The van der Waals surface area contributed by atoms with Crippen molar-refractivity contribution in [3.05, 3.63) is 71.8 Å². The van der Waals surface area contributed by atoms with Crippen molar-refractivity contribution in [3.63, 3.8) is 0 Å². The van der Waals surface area contributed by atoms with Gasteiger partial charge in [-0.15, -0.1) is 0 Å². The Kier molecular flexibility index (Phi) is 6.50. The maximum absolute atomic E-state index is 10.2. The van der Waals surface area contributed by atoms with Crippen LogP contribution in [0.15, 0.2) is 69.5 Å². The summed E-state index contributed by atoms with van der Waals surface area (Å²) in [5.74, 6) is 1.64. The average Bonchev–Trinajstić information content (AvgIpc) is 3.61. The maximum Gasteiger partial charge on any atom is 0.227 e. The van der Waals surface area contributed by atoms with Crippen molar-refractivity contribution in [2.24, 2.45) is 0 Å². The molecule has 0 radical (unpaired) electrons. The fourth-order valence-electron chi connectivity index (χ4n) is 4.68. The molecule has 0 atom stereocenters. The van der Waals surface area contributed by atoms with Gasteiger partial charge in [-0.2, -0.15) is 0 Å².